The maximum absolute atomic E-state index is 16.2. The van der Waals surface area contributed by atoms with Crippen LogP contribution >= 0.6 is 0 Å². The molecule has 0 aliphatic carbocycles. The molecular weight excluding hydrogens is 463 g/mol. The molecule has 0 radical (unpaired) electrons. The highest BCUT2D eigenvalue weighted by atomic mass is 28.4. The number of nitrogens with one attached hydrogen (secondary N) is 1. The molecule has 0 bridgehead atoms. The van der Waals surface area contributed by atoms with E-state index < -0.39 is 64.2 Å². The summed E-state index contributed by atoms with van der Waals surface area (Å²) in [6.45, 7) is 19.6. The second-order valence-electron chi connectivity index (χ2n) is 11.7. The molecule has 2 rings (SSSR count). The first kappa shape index (κ1) is 27.8. The van der Waals surface area contributed by atoms with Gasteiger partial charge in [-0.2, -0.15) is 0 Å². The van der Waals surface area contributed by atoms with Gasteiger partial charge in [-0.15, -0.1) is 0 Å². The second-order valence-corrected chi connectivity index (χ2v) is 18.8. The molecule has 33 heavy (non-hydrogen) atoms. The predicted molar refractivity (Wildman–Crippen MR) is 130 cm³/mol. The van der Waals surface area contributed by atoms with E-state index in [1.807, 2.05) is 67.7 Å². The molecule has 11 heteroatoms. The molecular formula is C22H39FN2O6Si2. The van der Waals surface area contributed by atoms with Crippen molar-refractivity contribution in [2.75, 3.05) is 0 Å². The fourth-order valence-corrected chi connectivity index (χ4v) is 6.32. The first-order valence-corrected chi connectivity index (χ1v) is 17.0. The van der Waals surface area contributed by atoms with E-state index in [9.17, 15) is 14.4 Å². The summed E-state index contributed by atoms with van der Waals surface area (Å²) in [5, 5.41) is -0.265. The van der Waals surface area contributed by atoms with Crippen LogP contribution in [0, 0.1) is 5.41 Å². The van der Waals surface area contributed by atoms with Crippen molar-refractivity contribution in [3.8, 4) is 0 Å². The van der Waals surface area contributed by atoms with Gasteiger partial charge in [0.1, 0.15) is 6.10 Å². The summed E-state index contributed by atoms with van der Waals surface area (Å²) in [6, 6.07) is 1.11. The van der Waals surface area contributed by atoms with Crippen LogP contribution in [0.15, 0.2) is 21.9 Å². The number of ether oxygens (including phenoxy) is 1. The van der Waals surface area contributed by atoms with E-state index in [2.05, 4.69) is 4.98 Å². The highest BCUT2D eigenvalue weighted by Gasteiger charge is 2.65. The number of carbonyl (C=O) groups excluding carboxylic acids is 1. The van der Waals surface area contributed by atoms with Crippen LogP contribution in [0.3, 0.4) is 0 Å². The molecule has 1 aliphatic rings. The van der Waals surface area contributed by atoms with Crippen molar-refractivity contribution in [2.45, 2.75) is 103 Å². The van der Waals surface area contributed by atoms with Gasteiger partial charge in [0, 0.05) is 12.3 Å². The van der Waals surface area contributed by atoms with Gasteiger partial charge in [0.15, 0.2) is 41.6 Å². The number of halogens is 1. The first-order chi connectivity index (χ1) is 14.9. The van der Waals surface area contributed by atoms with E-state index in [0.717, 1.165) is 10.6 Å². The molecule has 1 N–H and O–H groups in total. The summed E-state index contributed by atoms with van der Waals surface area (Å²) in [7, 11) is -4.29. The van der Waals surface area contributed by atoms with Crippen LogP contribution in [0.4, 0.5) is 4.39 Å². The van der Waals surface area contributed by atoms with Crippen LogP contribution in [0.25, 0.3) is 0 Å². The van der Waals surface area contributed by atoms with Gasteiger partial charge >= 0.3 is 5.69 Å². The van der Waals surface area contributed by atoms with Crippen LogP contribution in [0.2, 0.25) is 31.2 Å². The maximum Gasteiger partial charge on any atom is 0.330 e. The quantitative estimate of drug-likeness (QED) is 0.454. The smallest absolute Gasteiger partial charge is 0.330 e. The summed E-state index contributed by atoms with van der Waals surface area (Å²) in [6.07, 6.45) is -3.66. The van der Waals surface area contributed by atoms with E-state index in [0.29, 0.717) is 6.29 Å². The van der Waals surface area contributed by atoms with Gasteiger partial charge in [0.05, 0.1) is 6.10 Å². The van der Waals surface area contributed by atoms with Gasteiger partial charge in [-0.05, 0) is 36.6 Å². The maximum atomic E-state index is 16.2. The van der Waals surface area contributed by atoms with Gasteiger partial charge in [-0.25, -0.2) is 9.18 Å². The Kier molecular flexibility index (Phi) is 7.87. The number of hydrogen-bond acceptors (Lipinski definition) is 6. The zero-order chi connectivity index (χ0) is 25.6. The highest BCUT2D eigenvalue weighted by molar-refractivity contribution is 6.74. The Balaban J connectivity index is 2.74. The Morgan fingerprint density at radius 2 is 1.82 bits per heavy atom. The molecule has 188 valence electrons. The minimum atomic E-state index is -2.58. The molecule has 5 unspecified atom stereocenters. The van der Waals surface area contributed by atoms with Crippen molar-refractivity contribution in [3.63, 3.8) is 0 Å². The molecule has 8 nitrogen and oxygen atoms in total. The van der Waals surface area contributed by atoms with Crippen molar-refractivity contribution in [3.05, 3.63) is 33.1 Å². The predicted octanol–water partition coefficient (Wildman–Crippen LogP) is 3.15. The van der Waals surface area contributed by atoms with Crippen LogP contribution in [0.5, 0.6) is 0 Å². The fraction of sp³-hybridized carbons (Fsp3) is 0.773. The number of aromatic nitrogens is 2. The van der Waals surface area contributed by atoms with Gasteiger partial charge in [-0.1, -0.05) is 41.5 Å². The molecule has 2 heterocycles. The standard InChI is InChI=1S/C22H39FN2O6Si2/c1-20(2,3)18(30-32(7)8)22(13-26)16(31-33(9,10)21(4,5)6)15(23)17(29-22)25-12-11-14(27)24-19(25)28/h11-13,15-18,32H,1-10H3,(H,24,27,28). The van der Waals surface area contributed by atoms with Gasteiger partial charge in [0.2, 0.25) is 0 Å². The van der Waals surface area contributed by atoms with Crippen molar-refractivity contribution in [2.24, 2.45) is 5.41 Å². The van der Waals surface area contributed by atoms with Crippen LogP contribution in [0.1, 0.15) is 47.8 Å². The van der Waals surface area contributed by atoms with Crippen LogP contribution in [-0.4, -0.2) is 57.2 Å². The molecule has 0 amide bonds. The summed E-state index contributed by atoms with van der Waals surface area (Å²) in [4.78, 5) is 39.0. The summed E-state index contributed by atoms with van der Waals surface area (Å²) in [5.41, 5.74) is -3.82. The molecule has 1 saturated heterocycles. The van der Waals surface area contributed by atoms with E-state index in [1.165, 1.54) is 6.20 Å². The lowest BCUT2D eigenvalue weighted by atomic mass is 9.76. The molecule has 1 fully saturated rings. The average molecular weight is 503 g/mol. The van der Waals surface area contributed by atoms with Gasteiger partial charge in [-0.3, -0.25) is 19.1 Å². The van der Waals surface area contributed by atoms with Crippen LogP contribution in [-0.2, 0) is 18.4 Å². The summed E-state index contributed by atoms with van der Waals surface area (Å²) in [5.74, 6) is 0. The number of carbonyl (C=O) groups is 1. The Hall–Kier alpha value is -1.41. The van der Waals surface area contributed by atoms with Crippen molar-refractivity contribution < 1.29 is 22.8 Å². The molecule has 1 aromatic heterocycles. The van der Waals surface area contributed by atoms with Crippen LogP contribution < -0.4 is 11.2 Å². The number of aldehydes is 1. The monoisotopic (exact) mass is 502 g/mol. The molecule has 0 saturated carbocycles. The van der Waals surface area contributed by atoms with Crippen molar-refractivity contribution in [1.82, 2.24) is 9.55 Å². The minimum Gasteiger partial charge on any atom is -0.414 e. The normalized spacial score (nSPS) is 27.7. The Morgan fingerprint density at radius 1 is 1.24 bits per heavy atom. The van der Waals surface area contributed by atoms with E-state index in [1.54, 1.807) is 0 Å². The summed E-state index contributed by atoms with van der Waals surface area (Å²) >= 11 is 0. The zero-order valence-electron chi connectivity index (χ0n) is 21.4. The number of hydrogen-bond donors (Lipinski definition) is 1. The Morgan fingerprint density at radius 3 is 2.24 bits per heavy atom. The average Bonchev–Trinajstić information content (AvgIpc) is 2.90. The van der Waals surface area contributed by atoms with E-state index in [-0.39, 0.29) is 5.04 Å². The lowest BCUT2D eigenvalue weighted by molar-refractivity contribution is -0.179. The molecule has 0 spiro atoms. The third kappa shape index (κ3) is 5.47. The molecule has 1 aliphatic heterocycles. The fourth-order valence-electron chi connectivity index (χ4n) is 3.86. The third-order valence-electron chi connectivity index (χ3n) is 6.47. The minimum absolute atomic E-state index is 0.265. The van der Waals surface area contributed by atoms with Gasteiger partial charge < -0.3 is 13.6 Å². The van der Waals surface area contributed by atoms with E-state index >= 15 is 4.39 Å². The zero-order valence-corrected chi connectivity index (χ0v) is 23.5. The summed E-state index contributed by atoms with van der Waals surface area (Å²) < 4.78 is 36.2. The second kappa shape index (κ2) is 9.33. The topological polar surface area (TPSA) is 99.6 Å². The van der Waals surface area contributed by atoms with Crippen molar-refractivity contribution in [1.29, 1.82) is 0 Å². The lowest BCUT2D eigenvalue weighted by Crippen LogP contribution is -2.63. The number of rotatable bonds is 7. The van der Waals surface area contributed by atoms with Gasteiger partial charge in [0.25, 0.3) is 5.56 Å². The third-order valence-corrected chi connectivity index (χ3v) is 11.7. The largest absolute Gasteiger partial charge is 0.414 e. The number of aromatic amines is 1. The van der Waals surface area contributed by atoms with E-state index in [4.69, 9.17) is 13.6 Å². The molecule has 5 atom stereocenters. The Labute approximate surface area is 197 Å². The lowest BCUT2D eigenvalue weighted by Gasteiger charge is -2.47. The first-order valence-electron chi connectivity index (χ1n) is 11.3. The SMILES string of the molecule is C[SiH](C)OC(C(C)(C)C)C1(C=O)OC(n2ccc(=O)[nH]c2=O)C(F)C1O[Si](C)(C)C(C)(C)C. The highest BCUT2D eigenvalue weighted by Crippen LogP contribution is 2.49. The molecule has 0 aromatic carbocycles. The number of alkyl halides is 1. The number of nitrogens with zero attached hydrogens (tertiary/aromatic N) is 1. The number of H-pyrrole nitrogens is 1. The molecule has 1 aromatic rings. The Bertz CT molecular complexity index is 965. The van der Waals surface area contributed by atoms with Crippen molar-refractivity contribution >= 4 is 23.6 Å².